The minimum absolute atomic E-state index is 0.0824. The predicted molar refractivity (Wildman–Crippen MR) is 53.6 cm³/mol. The maximum atomic E-state index is 10.5. The summed E-state index contributed by atoms with van der Waals surface area (Å²) in [4.78, 5) is 10.5. The number of amides is 1. The van der Waals surface area contributed by atoms with Gasteiger partial charge in [0.1, 0.15) is 0 Å². The molecule has 1 unspecified atom stereocenters. The van der Waals surface area contributed by atoms with Gasteiger partial charge in [-0.3, -0.25) is 4.79 Å². The predicted octanol–water partition coefficient (Wildman–Crippen LogP) is 1.04. The fraction of sp³-hybridized carbons (Fsp3) is 0.900. The molecule has 1 saturated heterocycles. The zero-order valence-corrected chi connectivity index (χ0v) is 8.44. The van der Waals surface area contributed by atoms with Crippen LogP contribution in [0.3, 0.4) is 0 Å². The first-order valence-electron chi connectivity index (χ1n) is 5.27. The molecule has 0 saturated carbocycles. The van der Waals surface area contributed by atoms with E-state index in [4.69, 9.17) is 0 Å². The Morgan fingerprint density at radius 1 is 1.54 bits per heavy atom. The minimum atomic E-state index is 0.0824. The van der Waals surface area contributed by atoms with Crippen LogP contribution in [0.25, 0.3) is 0 Å². The Morgan fingerprint density at radius 2 is 2.38 bits per heavy atom. The lowest BCUT2D eigenvalue weighted by molar-refractivity contribution is -0.118. The van der Waals surface area contributed by atoms with Gasteiger partial charge >= 0.3 is 0 Å². The Kier molecular flexibility index (Phi) is 4.83. The van der Waals surface area contributed by atoms with E-state index in [0.717, 1.165) is 19.0 Å². The molecule has 1 heterocycles. The van der Waals surface area contributed by atoms with Crippen molar-refractivity contribution in [3.8, 4) is 0 Å². The second kappa shape index (κ2) is 5.97. The molecule has 1 aliphatic heterocycles. The van der Waals surface area contributed by atoms with Crippen molar-refractivity contribution in [2.24, 2.45) is 0 Å². The Balaban J connectivity index is 1.86. The van der Waals surface area contributed by atoms with Crippen molar-refractivity contribution in [3.05, 3.63) is 0 Å². The van der Waals surface area contributed by atoms with Crippen molar-refractivity contribution in [2.45, 2.75) is 45.1 Å². The molecule has 1 rings (SSSR count). The molecular formula is C10H20N2O. The summed E-state index contributed by atoms with van der Waals surface area (Å²) in [7, 11) is 0. The highest BCUT2D eigenvalue weighted by molar-refractivity contribution is 5.72. The lowest BCUT2D eigenvalue weighted by Gasteiger charge is -2.09. The van der Waals surface area contributed by atoms with Crippen molar-refractivity contribution < 1.29 is 4.79 Å². The van der Waals surface area contributed by atoms with Crippen LogP contribution in [0, 0.1) is 0 Å². The van der Waals surface area contributed by atoms with Crippen LogP contribution in [0.15, 0.2) is 0 Å². The fourth-order valence-electron chi connectivity index (χ4n) is 1.78. The molecule has 13 heavy (non-hydrogen) atoms. The van der Waals surface area contributed by atoms with Crippen LogP contribution in [0.1, 0.15) is 39.0 Å². The van der Waals surface area contributed by atoms with E-state index in [1.165, 1.54) is 32.2 Å². The first-order valence-corrected chi connectivity index (χ1v) is 5.27. The zero-order valence-electron chi connectivity index (χ0n) is 8.44. The van der Waals surface area contributed by atoms with Crippen molar-refractivity contribution in [1.82, 2.24) is 10.6 Å². The molecule has 3 heteroatoms. The van der Waals surface area contributed by atoms with Gasteiger partial charge in [0, 0.05) is 19.5 Å². The van der Waals surface area contributed by atoms with E-state index >= 15 is 0 Å². The summed E-state index contributed by atoms with van der Waals surface area (Å²) < 4.78 is 0. The van der Waals surface area contributed by atoms with Gasteiger partial charge in [-0.05, 0) is 32.2 Å². The van der Waals surface area contributed by atoms with Crippen molar-refractivity contribution in [1.29, 1.82) is 0 Å². The average Bonchev–Trinajstić information content (AvgIpc) is 2.55. The highest BCUT2D eigenvalue weighted by atomic mass is 16.1. The second-order valence-corrected chi connectivity index (χ2v) is 3.77. The molecule has 0 radical (unpaired) electrons. The van der Waals surface area contributed by atoms with Gasteiger partial charge in [-0.15, -0.1) is 0 Å². The van der Waals surface area contributed by atoms with Crippen LogP contribution in [-0.4, -0.2) is 25.0 Å². The molecular weight excluding hydrogens is 164 g/mol. The van der Waals surface area contributed by atoms with Crippen LogP contribution < -0.4 is 10.6 Å². The second-order valence-electron chi connectivity index (χ2n) is 3.77. The normalized spacial score (nSPS) is 21.8. The van der Waals surface area contributed by atoms with Gasteiger partial charge in [0.2, 0.25) is 5.91 Å². The van der Waals surface area contributed by atoms with Gasteiger partial charge in [-0.1, -0.05) is 6.42 Å². The summed E-state index contributed by atoms with van der Waals surface area (Å²) in [5.74, 6) is 0.0824. The van der Waals surface area contributed by atoms with Crippen LogP contribution >= 0.6 is 0 Å². The van der Waals surface area contributed by atoms with Crippen LogP contribution in [0.5, 0.6) is 0 Å². The van der Waals surface area contributed by atoms with Gasteiger partial charge in [-0.25, -0.2) is 0 Å². The molecule has 0 aromatic rings. The highest BCUT2D eigenvalue weighted by Crippen LogP contribution is 2.11. The first-order chi connectivity index (χ1) is 6.29. The smallest absolute Gasteiger partial charge is 0.216 e. The molecule has 3 nitrogen and oxygen atoms in total. The third kappa shape index (κ3) is 4.88. The standard InChI is InChI=1S/C10H20N2O/c1-9(13)11-7-3-2-5-10-6-4-8-12-10/h10,12H,2-8H2,1H3,(H,11,13). The number of hydrogen-bond acceptors (Lipinski definition) is 2. The number of nitrogens with one attached hydrogen (secondary N) is 2. The van der Waals surface area contributed by atoms with Gasteiger partial charge < -0.3 is 10.6 Å². The quantitative estimate of drug-likeness (QED) is 0.627. The van der Waals surface area contributed by atoms with Gasteiger partial charge in [0.25, 0.3) is 0 Å². The van der Waals surface area contributed by atoms with Gasteiger partial charge in [0.05, 0.1) is 0 Å². The molecule has 1 fully saturated rings. The van der Waals surface area contributed by atoms with E-state index in [-0.39, 0.29) is 5.91 Å². The van der Waals surface area contributed by atoms with Crippen LogP contribution in [0.2, 0.25) is 0 Å². The monoisotopic (exact) mass is 184 g/mol. The molecule has 1 atom stereocenters. The molecule has 2 N–H and O–H groups in total. The van der Waals surface area contributed by atoms with E-state index in [2.05, 4.69) is 10.6 Å². The van der Waals surface area contributed by atoms with E-state index in [1.807, 2.05) is 0 Å². The number of carbonyl (C=O) groups is 1. The molecule has 1 amide bonds. The number of unbranched alkanes of at least 4 members (excludes halogenated alkanes) is 1. The van der Waals surface area contributed by atoms with E-state index in [0.29, 0.717) is 0 Å². The molecule has 0 aromatic heterocycles. The maximum absolute atomic E-state index is 10.5. The van der Waals surface area contributed by atoms with Gasteiger partial charge in [0.15, 0.2) is 0 Å². The molecule has 1 aliphatic rings. The average molecular weight is 184 g/mol. The van der Waals surface area contributed by atoms with Crippen LogP contribution in [-0.2, 0) is 4.79 Å². The third-order valence-corrected chi connectivity index (χ3v) is 2.52. The largest absolute Gasteiger partial charge is 0.356 e. The Hall–Kier alpha value is -0.570. The fourth-order valence-corrected chi connectivity index (χ4v) is 1.78. The van der Waals surface area contributed by atoms with Crippen LogP contribution in [0.4, 0.5) is 0 Å². The number of hydrogen-bond donors (Lipinski definition) is 2. The number of rotatable bonds is 5. The van der Waals surface area contributed by atoms with Crippen molar-refractivity contribution in [3.63, 3.8) is 0 Å². The van der Waals surface area contributed by atoms with Gasteiger partial charge in [-0.2, -0.15) is 0 Å². The summed E-state index contributed by atoms with van der Waals surface area (Å²) in [6.45, 7) is 3.59. The molecule has 76 valence electrons. The zero-order chi connectivity index (χ0) is 9.52. The van der Waals surface area contributed by atoms with E-state index in [9.17, 15) is 4.79 Å². The Labute approximate surface area is 80.3 Å². The Morgan fingerprint density at radius 3 is 3.00 bits per heavy atom. The highest BCUT2D eigenvalue weighted by Gasteiger charge is 2.12. The molecule has 0 bridgehead atoms. The van der Waals surface area contributed by atoms with Crippen molar-refractivity contribution >= 4 is 5.91 Å². The van der Waals surface area contributed by atoms with E-state index < -0.39 is 0 Å². The summed E-state index contributed by atoms with van der Waals surface area (Å²) >= 11 is 0. The summed E-state index contributed by atoms with van der Waals surface area (Å²) in [5, 5.41) is 6.28. The SMILES string of the molecule is CC(=O)NCCCCC1CCCN1. The lowest BCUT2D eigenvalue weighted by Crippen LogP contribution is -2.23. The first kappa shape index (κ1) is 10.5. The lowest BCUT2D eigenvalue weighted by atomic mass is 10.1. The Bertz CT molecular complexity index is 153. The molecule has 0 spiro atoms. The summed E-state index contributed by atoms with van der Waals surface area (Å²) in [5.41, 5.74) is 0. The summed E-state index contributed by atoms with van der Waals surface area (Å²) in [6.07, 6.45) is 6.26. The number of carbonyl (C=O) groups excluding carboxylic acids is 1. The van der Waals surface area contributed by atoms with Crippen molar-refractivity contribution in [2.75, 3.05) is 13.1 Å². The summed E-state index contributed by atoms with van der Waals surface area (Å²) in [6, 6.07) is 0.748. The molecule has 0 aromatic carbocycles. The third-order valence-electron chi connectivity index (χ3n) is 2.52. The topological polar surface area (TPSA) is 41.1 Å². The minimum Gasteiger partial charge on any atom is -0.356 e. The molecule has 0 aliphatic carbocycles. The maximum Gasteiger partial charge on any atom is 0.216 e. The van der Waals surface area contributed by atoms with E-state index in [1.54, 1.807) is 6.92 Å².